The Labute approximate surface area is 381 Å². The van der Waals surface area contributed by atoms with Gasteiger partial charge in [-0.05, 0) is 126 Å². The number of anilines is 3. The second-order valence-corrected chi connectivity index (χ2v) is 18.6. The highest BCUT2D eigenvalue weighted by Gasteiger charge is 2.37. The van der Waals surface area contributed by atoms with E-state index in [1.807, 2.05) is 11.3 Å². The quantitative estimate of drug-likeness (QED) is 0.171. The molecule has 65 heavy (non-hydrogen) atoms. The number of benzene rings is 9. The third-order valence-corrected chi connectivity index (χ3v) is 15.2. The van der Waals surface area contributed by atoms with Gasteiger partial charge in [0, 0.05) is 37.7 Å². The summed E-state index contributed by atoms with van der Waals surface area (Å²) < 4.78 is 9.45. The second kappa shape index (κ2) is 14.3. The summed E-state index contributed by atoms with van der Waals surface area (Å²) in [5.74, 6) is 2.15. The molecule has 0 spiro atoms. The van der Waals surface area contributed by atoms with E-state index in [4.69, 9.17) is 4.74 Å². The van der Waals surface area contributed by atoms with Crippen LogP contribution in [0.5, 0.6) is 11.5 Å². The molecule has 2 unspecified atom stereocenters. The fourth-order valence-electron chi connectivity index (χ4n) is 11.0. The van der Waals surface area contributed by atoms with Crippen LogP contribution in [0.2, 0.25) is 0 Å². The van der Waals surface area contributed by atoms with Crippen LogP contribution in [0.15, 0.2) is 218 Å². The first-order valence-electron chi connectivity index (χ1n) is 22.5. The van der Waals surface area contributed by atoms with Gasteiger partial charge in [-0.3, -0.25) is 0 Å². The SMILES string of the molecule is C1=Cc2c(-c3ccccc3)ccc3c2C2C1=CC=C(c1cccc(N4c5cc(-c6cccc7c6sc6ccc(-c8ccccc8)cc67)ccc5Oc5cc6ccccc6cc54)c1)C2C=C3. The third kappa shape index (κ3) is 5.72. The molecule has 0 bridgehead atoms. The van der Waals surface area contributed by atoms with Crippen LogP contribution in [0.1, 0.15) is 28.2 Å². The zero-order chi connectivity index (χ0) is 42.6. The lowest BCUT2D eigenvalue weighted by molar-refractivity contribution is 0.478. The molecule has 2 atom stereocenters. The summed E-state index contributed by atoms with van der Waals surface area (Å²) >= 11 is 1.87. The van der Waals surface area contributed by atoms with Crippen molar-refractivity contribution in [2.45, 2.75) is 5.92 Å². The minimum absolute atomic E-state index is 0.206. The van der Waals surface area contributed by atoms with Crippen molar-refractivity contribution < 1.29 is 4.74 Å². The molecular weight excluding hydrogens is 807 g/mol. The van der Waals surface area contributed by atoms with Crippen LogP contribution in [0.4, 0.5) is 17.1 Å². The highest BCUT2D eigenvalue weighted by Crippen LogP contribution is 2.56. The molecule has 0 N–H and O–H groups in total. The Morgan fingerprint density at radius 3 is 2.12 bits per heavy atom. The van der Waals surface area contributed by atoms with Crippen LogP contribution in [0.25, 0.3) is 82.1 Å². The van der Waals surface area contributed by atoms with Gasteiger partial charge < -0.3 is 9.64 Å². The minimum atomic E-state index is 0.206. The van der Waals surface area contributed by atoms with Gasteiger partial charge in [0.05, 0.1) is 11.4 Å². The lowest BCUT2D eigenvalue weighted by Gasteiger charge is -2.39. The Balaban J connectivity index is 0.898. The smallest absolute Gasteiger partial charge is 0.152 e. The molecule has 3 aliphatic carbocycles. The van der Waals surface area contributed by atoms with E-state index in [1.54, 1.807) is 0 Å². The van der Waals surface area contributed by atoms with Gasteiger partial charge in [-0.2, -0.15) is 0 Å². The average Bonchev–Trinajstić information content (AvgIpc) is 3.75. The van der Waals surface area contributed by atoms with Crippen molar-refractivity contribution in [1.29, 1.82) is 0 Å². The molecule has 14 rings (SSSR count). The van der Waals surface area contributed by atoms with Crippen molar-refractivity contribution in [2.24, 2.45) is 5.92 Å². The summed E-state index contributed by atoms with van der Waals surface area (Å²) in [7, 11) is 0. The predicted octanol–water partition coefficient (Wildman–Crippen LogP) is 17.6. The summed E-state index contributed by atoms with van der Waals surface area (Å²) in [6.45, 7) is 0. The van der Waals surface area contributed by atoms with Crippen LogP contribution in [0, 0.1) is 5.92 Å². The highest BCUT2D eigenvalue weighted by atomic mass is 32.1. The van der Waals surface area contributed by atoms with Crippen molar-refractivity contribution in [3.8, 4) is 44.9 Å². The molecule has 0 fully saturated rings. The summed E-state index contributed by atoms with van der Waals surface area (Å²) in [5.41, 5.74) is 18.6. The van der Waals surface area contributed by atoms with E-state index < -0.39 is 0 Å². The molecular formula is C62H39NOS. The van der Waals surface area contributed by atoms with Crippen molar-refractivity contribution >= 4 is 77.1 Å². The van der Waals surface area contributed by atoms with Gasteiger partial charge in [0.1, 0.15) is 0 Å². The number of thiophene rings is 1. The van der Waals surface area contributed by atoms with E-state index in [2.05, 4.69) is 229 Å². The normalized spacial score (nSPS) is 16.5. The van der Waals surface area contributed by atoms with Crippen molar-refractivity contribution in [3.05, 3.63) is 240 Å². The van der Waals surface area contributed by atoms with Crippen LogP contribution in [-0.2, 0) is 0 Å². The van der Waals surface area contributed by atoms with E-state index in [0.717, 1.165) is 39.5 Å². The van der Waals surface area contributed by atoms with Crippen molar-refractivity contribution in [2.75, 3.05) is 4.90 Å². The van der Waals surface area contributed by atoms with Gasteiger partial charge in [-0.25, -0.2) is 0 Å². The van der Waals surface area contributed by atoms with Gasteiger partial charge >= 0.3 is 0 Å². The molecule has 0 saturated carbocycles. The summed E-state index contributed by atoms with van der Waals surface area (Å²) in [4.78, 5) is 2.43. The maximum Gasteiger partial charge on any atom is 0.152 e. The molecule has 1 aromatic heterocycles. The first-order chi connectivity index (χ1) is 32.2. The number of fused-ring (bicyclic) bond motifs is 6. The molecule has 1 aliphatic heterocycles. The molecule has 0 saturated heterocycles. The largest absolute Gasteiger partial charge is 0.453 e. The van der Waals surface area contributed by atoms with E-state index in [1.165, 1.54) is 86.8 Å². The zero-order valence-electron chi connectivity index (χ0n) is 35.3. The molecule has 9 aromatic carbocycles. The van der Waals surface area contributed by atoms with E-state index >= 15 is 0 Å². The lowest BCUT2D eigenvalue weighted by Crippen LogP contribution is -2.24. The number of hydrogen-bond acceptors (Lipinski definition) is 3. The van der Waals surface area contributed by atoms with Crippen LogP contribution in [0.3, 0.4) is 0 Å². The number of hydrogen-bond donors (Lipinski definition) is 0. The average molecular weight is 846 g/mol. The Kier molecular flexibility index (Phi) is 8.01. The molecule has 4 aliphatic rings. The number of ether oxygens (including phenoxy) is 1. The minimum Gasteiger partial charge on any atom is -0.453 e. The molecule has 0 radical (unpaired) electrons. The fraction of sp³-hybridized carbons (Fsp3) is 0.0323. The first kappa shape index (κ1) is 36.5. The Hall–Kier alpha value is -7.98. The maximum atomic E-state index is 6.87. The number of rotatable bonds is 5. The zero-order valence-corrected chi connectivity index (χ0v) is 36.1. The topological polar surface area (TPSA) is 12.5 Å². The van der Waals surface area contributed by atoms with E-state index in [0.29, 0.717) is 0 Å². The molecule has 3 heteroatoms. The van der Waals surface area contributed by atoms with Crippen LogP contribution < -0.4 is 9.64 Å². The maximum absolute atomic E-state index is 6.87. The Bertz CT molecular complexity index is 3760. The summed E-state index contributed by atoms with van der Waals surface area (Å²) in [5, 5.41) is 4.91. The molecule has 0 amide bonds. The van der Waals surface area contributed by atoms with E-state index in [-0.39, 0.29) is 11.8 Å². The summed E-state index contributed by atoms with van der Waals surface area (Å²) in [6, 6.07) is 68.7. The highest BCUT2D eigenvalue weighted by molar-refractivity contribution is 7.26. The second-order valence-electron chi connectivity index (χ2n) is 17.6. The standard InChI is InChI=1S/C62H39NOS/c1-3-11-38(12-4-1)44-26-32-59-54(34-44)53-20-10-19-50(62(53)65-59)46-25-31-57-55(36-46)63(56-35-42-15-7-8-16-43(42)37-58(56)64-57)47-18-9-17-45(33-47)49-28-22-41-23-29-51-48(39-13-5-2-6-14-39)27-21-40-24-30-52(49)61(41)60(40)51/h1-37,52,61H. The van der Waals surface area contributed by atoms with Gasteiger partial charge in [0.2, 0.25) is 0 Å². The number of nitrogens with zero attached hydrogens (tertiary/aromatic N) is 1. The predicted molar refractivity (Wildman–Crippen MR) is 275 cm³/mol. The Morgan fingerprint density at radius 2 is 1.25 bits per heavy atom. The fourth-order valence-corrected chi connectivity index (χ4v) is 12.2. The van der Waals surface area contributed by atoms with Crippen LogP contribution in [-0.4, -0.2) is 0 Å². The molecule has 2 nitrogen and oxygen atoms in total. The van der Waals surface area contributed by atoms with Crippen LogP contribution >= 0.6 is 11.3 Å². The molecule has 2 heterocycles. The van der Waals surface area contributed by atoms with Gasteiger partial charge in [0.25, 0.3) is 0 Å². The van der Waals surface area contributed by atoms with Gasteiger partial charge in [-0.15, -0.1) is 11.3 Å². The Morgan fingerprint density at radius 1 is 0.477 bits per heavy atom. The monoisotopic (exact) mass is 845 g/mol. The van der Waals surface area contributed by atoms with Gasteiger partial charge in [-0.1, -0.05) is 176 Å². The summed E-state index contributed by atoms with van der Waals surface area (Å²) in [6.07, 6.45) is 14.2. The van der Waals surface area contributed by atoms with Gasteiger partial charge in [0.15, 0.2) is 11.5 Å². The third-order valence-electron chi connectivity index (χ3n) is 14.0. The van der Waals surface area contributed by atoms with Crippen molar-refractivity contribution in [1.82, 2.24) is 0 Å². The molecule has 304 valence electrons. The molecule has 10 aromatic rings. The lowest BCUT2D eigenvalue weighted by atomic mass is 9.64. The van der Waals surface area contributed by atoms with Crippen molar-refractivity contribution in [3.63, 3.8) is 0 Å². The number of allylic oxidation sites excluding steroid dienone is 6. The van der Waals surface area contributed by atoms with E-state index in [9.17, 15) is 0 Å². The first-order valence-corrected chi connectivity index (χ1v) is 23.3.